The number of carbonyl (C=O) groups is 1. The van der Waals surface area contributed by atoms with E-state index in [4.69, 9.17) is 5.11 Å². The zero-order valence-electron chi connectivity index (χ0n) is 20.3. The molecule has 1 aromatic rings. The van der Waals surface area contributed by atoms with Crippen LogP contribution in [0.2, 0.25) is 0 Å². The van der Waals surface area contributed by atoms with E-state index >= 15 is 0 Å². The van der Waals surface area contributed by atoms with Crippen LogP contribution in [-0.4, -0.2) is 24.7 Å². The number of aliphatic carboxylic acids is 1. The molecule has 0 unspecified atom stereocenters. The Bertz CT molecular complexity index is 584. The number of hydrogen-bond donors (Lipinski definition) is 1. The first-order valence-corrected chi connectivity index (χ1v) is 13.0. The predicted molar refractivity (Wildman–Crippen MR) is 126 cm³/mol. The van der Waals surface area contributed by atoms with Crippen LogP contribution >= 0.6 is 0 Å². The van der Waals surface area contributed by atoms with Crippen LogP contribution in [-0.2, 0) is 21.1 Å². The maximum Gasteiger partial charge on any atom is 0.307 e. The third kappa shape index (κ3) is 12.0. The molecule has 1 aromatic carbocycles. The van der Waals surface area contributed by atoms with Crippen molar-refractivity contribution in [3.05, 3.63) is 29.8 Å². The summed E-state index contributed by atoms with van der Waals surface area (Å²) < 4.78 is 25.2. The molecule has 1 aliphatic rings. The van der Waals surface area contributed by atoms with Crippen molar-refractivity contribution in [3.63, 3.8) is 0 Å². The first kappa shape index (κ1) is 32.3. The van der Waals surface area contributed by atoms with Gasteiger partial charge < -0.3 is 5.11 Å². The molecule has 0 amide bonds. The summed E-state index contributed by atoms with van der Waals surface area (Å²) >= 11 is 0. The average molecular weight is 431 g/mol. The van der Waals surface area contributed by atoms with Crippen molar-refractivity contribution in [2.45, 2.75) is 111 Å². The van der Waals surface area contributed by atoms with Gasteiger partial charge in [0.15, 0.2) is 9.84 Å². The summed E-state index contributed by atoms with van der Waals surface area (Å²) in [6.07, 6.45) is 4.48. The lowest BCUT2D eigenvalue weighted by atomic mass is 9.87. The maximum absolute atomic E-state index is 12.6. The van der Waals surface area contributed by atoms with Gasteiger partial charge in [-0.05, 0) is 49.3 Å². The zero-order chi connectivity index (χ0) is 23.5. The standard InChI is InChI=1S/C16H22O4S.4C2H6/c1-2-12-3-7-14(8-4-12)21(19,20)15-9-5-13(6-10-15)11-16(17)18;4*1-2/h5-6,9-10,12,14H,2-4,7-8,11H2,1H3,(H,17,18);4*1-2H3. The van der Waals surface area contributed by atoms with Crippen molar-refractivity contribution < 1.29 is 18.3 Å². The van der Waals surface area contributed by atoms with Gasteiger partial charge in [0.1, 0.15) is 0 Å². The molecule has 4 nitrogen and oxygen atoms in total. The van der Waals surface area contributed by atoms with Gasteiger partial charge in [0.05, 0.1) is 16.6 Å². The molecule has 0 spiro atoms. The SMILES string of the molecule is CC.CC.CC.CC.CCC1CCC(S(=O)(=O)c2ccc(CC(=O)O)cc2)CC1. The van der Waals surface area contributed by atoms with Gasteiger partial charge in [-0.3, -0.25) is 4.79 Å². The van der Waals surface area contributed by atoms with E-state index in [1.807, 2.05) is 55.4 Å². The van der Waals surface area contributed by atoms with Crippen LogP contribution in [0.15, 0.2) is 29.2 Å². The molecular formula is C24H46O4S. The second-order valence-corrected chi connectivity index (χ2v) is 8.04. The summed E-state index contributed by atoms with van der Waals surface area (Å²) in [6, 6.07) is 6.27. The third-order valence-corrected chi connectivity index (χ3v) is 6.70. The fraction of sp³-hybridized carbons (Fsp3) is 0.708. The van der Waals surface area contributed by atoms with Crippen LogP contribution < -0.4 is 0 Å². The van der Waals surface area contributed by atoms with Crippen LogP contribution in [0.3, 0.4) is 0 Å². The highest BCUT2D eigenvalue weighted by Crippen LogP contribution is 2.33. The van der Waals surface area contributed by atoms with Crippen molar-refractivity contribution in [2.75, 3.05) is 0 Å². The topological polar surface area (TPSA) is 71.4 Å². The molecule has 2 rings (SSSR count). The highest BCUT2D eigenvalue weighted by Gasteiger charge is 2.31. The number of carboxylic acids is 1. The molecule has 1 N–H and O–H groups in total. The normalized spacial score (nSPS) is 17.4. The van der Waals surface area contributed by atoms with Crippen LogP contribution in [0, 0.1) is 5.92 Å². The molecule has 172 valence electrons. The van der Waals surface area contributed by atoms with Gasteiger partial charge in [-0.2, -0.15) is 0 Å². The van der Waals surface area contributed by atoms with E-state index in [1.54, 1.807) is 24.3 Å². The van der Waals surface area contributed by atoms with Gasteiger partial charge in [-0.25, -0.2) is 8.42 Å². The number of rotatable bonds is 5. The molecule has 0 atom stereocenters. The molecule has 0 saturated heterocycles. The van der Waals surface area contributed by atoms with Crippen molar-refractivity contribution in [3.8, 4) is 0 Å². The fourth-order valence-corrected chi connectivity index (χ4v) is 4.81. The lowest BCUT2D eigenvalue weighted by Gasteiger charge is -2.27. The van der Waals surface area contributed by atoms with E-state index in [-0.39, 0.29) is 11.7 Å². The summed E-state index contributed by atoms with van der Waals surface area (Å²) in [4.78, 5) is 11.0. The van der Waals surface area contributed by atoms with E-state index in [0.717, 1.165) is 32.1 Å². The number of carboxylic acid groups (broad SMARTS) is 1. The van der Waals surface area contributed by atoms with E-state index in [0.29, 0.717) is 16.4 Å². The van der Waals surface area contributed by atoms with Crippen molar-refractivity contribution in [1.82, 2.24) is 0 Å². The maximum atomic E-state index is 12.6. The van der Waals surface area contributed by atoms with Crippen LogP contribution in [0.5, 0.6) is 0 Å². The van der Waals surface area contributed by atoms with Crippen LogP contribution in [0.1, 0.15) is 100.0 Å². The largest absolute Gasteiger partial charge is 0.481 e. The number of benzene rings is 1. The summed E-state index contributed by atoms with van der Waals surface area (Å²) in [6.45, 7) is 18.2. The summed E-state index contributed by atoms with van der Waals surface area (Å²) in [5, 5.41) is 8.44. The zero-order valence-corrected chi connectivity index (χ0v) is 21.1. The molecule has 1 fully saturated rings. The third-order valence-electron chi connectivity index (χ3n) is 4.42. The predicted octanol–water partition coefficient (Wildman–Crippen LogP) is 7.16. The Balaban J connectivity index is -0.000000754. The second-order valence-electron chi connectivity index (χ2n) is 5.81. The summed E-state index contributed by atoms with van der Waals surface area (Å²) in [5.41, 5.74) is 0.621. The first-order chi connectivity index (χ1) is 13.9. The van der Waals surface area contributed by atoms with Crippen molar-refractivity contribution in [1.29, 1.82) is 0 Å². The minimum Gasteiger partial charge on any atom is -0.481 e. The van der Waals surface area contributed by atoms with E-state index in [1.165, 1.54) is 0 Å². The minimum absolute atomic E-state index is 0.0814. The lowest BCUT2D eigenvalue weighted by Crippen LogP contribution is -2.27. The second kappa shape index (κ2) is 19.9. The molecule has 0 radical (unpaired) electrons. The van der Waals surface area contributed by atoms with Gasteiger partial charge in [0, 0.05) is 0 Å². The Labute approximate surface area is 181 Å². The quantitative estimate of drug-likeness (QED) is 0.538. The van der Waals surface area contributed by atoms with Crippen molar-refractivity contribution >= 4 is 15.8 Å². The Morgan fingerprint density at radius 1 is 0.862 bits per heavy atom. The molecule has 29 heavy (non-hydrogen) atoms. The van der Waals surface area contributed by atoms with Gasteiger partial charge in [0.2, 0.25) is 0 Å². The fourth-order valence-electron chi connectivity index (χ4n) is 3.01. The Hall–Kier alpha value is -1.36. The smallest absolute Gasteiger partial charge is 0.307 e. The highest BCUT2D eigenvalue weighted by atomic mass is 32.2. The molecule has 0 aromatic heterocycles. The van der Waals surface area contributed by atoms with E-state index in [2.05, 4.69) is 6.92 Å². The average Bonchev–Trinajstić information content (AvgIpc) is 2.79. The van der Waals surface area contributed by atoms with E-state index < -0.39 is 15.8 Å². The molecule has 0 bridgehead atoms. The lowest BCUT2D eigenvalue weighted by molar-refractivity contribution is -0.136. The molecule has 5 heteroatoms. The Morgan fingerprint density at radius 2 is 1.28 bits per heavy atom. The van der Waals surface area contributed by atoms with Crippen molar-refractivity contribution in [2.24, 2.45) is 5.92 Å². The monoisotopic (exact) mass is 430 g/mol. The molecule has 1 saturated carbocycles. The Kier molecular flexibility index (Phi) is 22.2. The molecule has 1 aliphatic carbocycles. The van der Waals surface area contributed by atoms with Crippen LogP contribution in [0.25, 0.3) is 0 Å². The highest BCUT2D eigenvalue weighted by molar-refractivity contribution is 7.92. The van der Waals surface area contributed by atoms with Gasteiger partial charge >= 0.3 is 5.97 Å². The van der Waals surface area contributed by atoms with Crippen LogP contribution in [0.4, 0.5) is 0 Å². The number of sulfone groups is 1. The molecular weight excluding hydrogens is 384 g/mol. The van der Waals surface area contributed by atoms with Gasteiger partial charge in [-0.15, -0.1) is 0 Å². The first-order valence-electron chi connectivity index (χ1n) is 11.5. The van der Waals surface area contributed by atoms with Gasteiger partial charge in [-0.1, -0.05) is 80.9 Å². The minimum atomic E-state index is -3.29. The molecule has 0 aliphatic heterocycles. The van der Waals surface area contributed by atoms with Gasteiger partial charge in [0.25, 0.3) is 0 Å². The summed E-state index contributed by atoms with van der Waals surface area (Å²) in [7, 11) is -3.29. The summed E-state index contributed by atoms with van der Waals surface area (Å²) in [5.74, 6) is -0.252. The van der Waals surface area contributed by atoms with E-state index in [9.17, 15) is 13.2 Å². The molecule has 0 heterocycles. The number of hydrogen-bond acceptors (Lipinski definition) is 3. The Morgan fingerprint density at radius 3 is 1.62 bits per heavy atom.